The van der Waals surface area contributed by atoms with Gasteiger partial charge in [0.15, 0.2) is 0 Å². The van der Waals surface area contributed by atoms with Crippen LogP contribution >= 0.6 is 28.1 Å². The van der Waals surface area contributed by atoms with Gasteiger partial charge < -0.3 is 10.5 Å². The van der Waals surface area contributed by atoms with Crippen molar-refractivity contribution >= 4 is 44.0 Å². The number of thiocarbonyl (C=S) groups is 1. The van der Waals surface area contributed by atoms with Crippen LogP contribution in [0, 0.1) is 0 Å². The molecule has 0 aliphatic heterocycles. The minimum atomic E-state index is 0.264. The molecule has 0 radical (unpaired) electrons. The number of halogens is 1. The molecule has 5 heteroatoms. The number of hydrogen-bond donors (Lipinski definition) is 1. The van der Waals surface area contributed by atoms with Crippen molar-refractivity contribution in [1.82, 2.24) is 4.98 Å². The van der Waals surface area contributed by atoms with Crippen molar-refractivity contribution in [3.05, 3.63) is 64.8 Å². The SMILES string of the molecule is NC(=S)c1cnc2ccccc2c1Oc1ccc(Br)cc1. The minimum Gasteiger partial charge on any atom is -0.456 e. The molecule has 0 unspecified atom stereocenters. The number of aromatic nitrogens is 1. The van der Waals surface area contributed by atoms with Crippen molar-refractivity contribution in [2.24, 2.45) is 5.73 Å². The summed E-state index contributed by atoms with van der Waals surface area (Å²) >= 11 is 8.50. The van der Waals surface area contributed by atoms with Crippen molar-refractivity contribution in [3.8, 4) is 11.5 Å². The summed E-state index contributed by atoms with van der Waals surface area (Å²) in [6.45, 7) is 0. The minimum absolute atomic E-state index is 0.264. The number of benzene rings is 2. The topological polar surface area (TPSA) is 48.1 Å². The Morgan fingerprint density at radius 3 is 2.52 bits per heavy atom. The number of rotatable bonds is 3. The van der Waals surface area contributed by atoms with Crippen LogP contribution in [0.3, 0.4) is 0 Å². The van der Waals surface area contributed by atoms with Crippen LogP contribution in [-0.4, -0.2) is 9.97 Å². The van der Waals surface area contributed by atoms with E-state index in [2.05, 4.69) is 20.9 Å². The number of para-hydroxylation sites is 1. The van der Waals surface area contributed by atoms with Gasteiger partial charge in [-0.2, -0.15) is 0 Å². The van der Waals surface area contributed by atoms with Crippen LogP contribution in [0.4, 0.5) is 0 Å². The van der Waals surface area contributed by atoms with Gasteiger partial charge >= 0.3 is 0 Å². The van der Waals surface area contributed by atoms with E-state index >= 15 is 0 Å². The third-order valence-electron chi connectivity index (χ3n) is 3.03. The first-order valence-corrected chi connectivity index (χ1v) is 7.46. The zero-order valence-electron chi connectivity index (χ0n) is 10.9. The lowest BCUT2D eigenvalue weighted by atomic mass is 10.1. The normalized spacial score (nSPS) is 10.5. The first-order chi connectivity index (χ1) is 10.1. The fourth-order valence-corrected chi connectivity index (χ4v) is 2.43. The molecule has 2 N–H and O–H groups in total. The Morgan fingerprint density at radius 1 is 1.10 bits per heavy atom. The van der Waals surface area contributed by atoms with Crippen LogP contribution in [-0.2, 0) is 0 Å². The van der Waals surface area contributed by atoms with E-state index in [1.165, 1.54) is 0 Å². The molecule has 0 saturated carbocycles. The summed E-state index contributed by atoms with van der Waals surface area (Å²) in [5.41, 5.74) is 7.26. The smallest absolute Gasteiger partial charge is 0.148 e. The molecular weight excluding hydrogens is 348 g/mol. The summed E-state index contributed by atoms with van der Waals surface area (Å²) < 4.78 is 7.00. The monoisotopic (exact) mass is 358 g/mol. The zero-order chi connectivity index (χ0) is 14.8. The molecule has 3 aromatic rings. The standard InChI is InChI=1S/C16H11BrN2OS/c17-10-5-7-11(8-6-10)20-15-12-3-1-2-4-14(12)19-9-13(15)16(18)21/h1-9H,(H2,18,21). The van der Waals surface area contributed by atoms with Gasteiger partial charge in [0, 0.05) is 16.1 Å². The Morgan fingerprint density at radius 2 is 1.81 bits per heavy atom. The van der Waals surface area contributed by atoms with Crippen LogP contribution < -0.4 is 10.5 Å². The Balaban J connectivity index is 2.16. The molecule has 3 rings (SSSR count). The first-order valence-electron chi connectivity index (χ1n) is 6.26. The molecule has 0 spiro atoms. The summed E-state index contributed by atoms with van der Waals surface area (Å²) in [4.78, 5) is 4.63. The first kappa shape index (κ1) is 14.0. The van der Waals surface area contributed by atoms with Gasteiger partial charge in [-0.3, -0.25) is 4.98 Å². The maximum Gasteiger partial charge on any atom is 0.148 e. The fraction of sp³-hybridized carbons (Fsp3) is 0. The van der Waals surface area contributed by atoms with E-state index in [0.29, 0.717) is 17.1 Å². The molecule has 1 heterocycles. The van der Waals surface area contributed by atoms with Gasteiger partial charge in [-0.1, -0.05) is 40.3 Å². The second-order valence-electron chi connectivity index (χ2n) is 4.44. The zero-order valence-corrected chi connectivity index (χ0v) is 13.3. The molecule has 2 aromatic carbocycles. The lowest BCUT2D eigenvalue weighted by molar-refractivity contribution is 0.487. The van der Waals surface area contributed by atoms with Crippen LogP contribution in [0.1, 0.15) is 5.56 Å². The van der Waals surface area contributed by atoms with Crippen molar-refractivity contribution in [3.63, 3.8) is 0 Å². The molecule has 104 valence electrons. The van der Waals surface area contributed by atoms with E-state index in [-0.39, 0.29) is 4.99 Å². The molecule has 0 aliphatic carbocycles. The number of nitrogens with zero attached hydrogens (tertiary/aromatic N) is 1. The average Bonchev–Trinajstić information content (AvgIpc) is 2.49. The molecule has 0 bridgehead atoms. The molecule has 3 nitrogen and oxygen atoms in total. The second kappa shape index (κ2) is 5.79. The number of nitrogens with two attached hydrogens (primary N) is 1. The lowest BCUT2D eigenvalue weighted by Gasteiger charge is -2.13. The Kier molecular flexibility index (Phi) is 3.86. The van der Waals surface area contributed by atoms with Gasteiger partial charge in [-0.15, -0.1) is 0 Å². The Bertz CT molecular complexity index is 818. The molecule has 0 fully saturated rings. The summed E-state index contributed by atoms with van der Waals surface area (Å²) in [7, 11) is 0. The highest BCUT2D eigenvalue weighted by atomic mass is 79.9. The maximum atomic E-state index is 6.01. The lowest BCUT2D eigenvalue weighted by Crippen LogP contribution is -2.11. The highest BCUT2D eigenvalue weighted by Gasteiger charge is 2.13. The van der Waals surface area contributed by atoms with E-state index in [9.17, 15) is 0 Å². The van der Waals surface area contributed by atoms with Crippen LogP contribution in [0.2, 0.25) is 0 Å². The van der Waals surface area contributed by atoms with E-state index in [1.807, 2.05) is 48.5 Å². The van der Waals surface area contributed by atoms with Gasteiger partial charge in [0.2, 0.25) is 0 Å². The predicted octanol–water partition coefficient (Wildman–Crippen LogP) is 4.42. The molecule has 21 heavy (non-hydrogen) atoms. The Labute approximate surface area is 135 Å². The summed E-state index contributed by atoms with van der Waals surface area (Å²) in [6.07, 6.45) is 1.65. The third kappa shape index (κ3) is 2.89. The van der Waals surface area contributed by atoms with Crippen LogP contribution in [0.15, 0.2) is 59.2 Å². The van der Waals surface area contributed by atoms with Crippen LogP contribution in [0.5, 0.6) is 11.5 Å². The van der Waals surface area contributed by atoms with Crippen LogP contribution in [0.25, 0.3) is 10.9 Å². The largest absolute Gasteiger partial charge is 0.456 e. The molecule has 0 saturated heterocycles. The van der Waals surface area contributed by atoms with E-state index in [0.717, 1.165) is 15.4 Å². The Hall–Kier alpha value is -1.98. The van der Waals surface area contributed by atoms with E-state index in [1.54, 1.807) is 6.20 Å². The van der Waals surface area contributed by atoms with Crippen molar-refractivity contribution in [1.29, 1.82) is 0 Å². The molecule has 1 aromatic heterocycles. The van der Waals surface area contributed by atoms with Gasteiger partial charge in [-0.05, 0) is 36.4 Å². The van der Waals surface area contributed by atoms with Gasteiger partial charge in [0.25, 0.3) is 0 Å². The quantitative estimate of drug-likeness (QED) is 0.703. The summed E-state index contributed by atoms with van der Waals surface area (Å²) in [5.74, 6) is 1.35. The fourth-order valence-electron chi connectivity index (χ4n) is 2.02. The average molecular weight is 359 g/mol. The summed E-state index contributed by atoms with van der Waals surface area (Å²) in [5, 5.41) is 0.880. The number of pyridine rings is 1. The number of hydrogen-bond acceptors (Lipinski definition) is 3. The van der Waals surface area contributed by atoms with Gasteiger partial charge in [-0.25, -0.2) is 0 Å². The number of ether oxygens (including phenoxy) is 1. The second-order valence-corrected chi connectivity index (χ2v) is 5.79. The van der Waals surface area contributed by atoms with E-state index < -0.39 is 0 Å². The predicted molar refractivity (Wildman–Crippen MR) is 91.8 cm³/mol. The molecular formula is C16H11BrN2OS. The third-order valence-corrected chi connectivity index (χ3v) is 3.77. The van der Waals surface area contributed by atoms with Gasteiger partial charge in [0.1, 0.15) is 16.5 Å². The molecule has 0 aliphatic rings. The number of fused-ring (bicyclic) bond motifs is 1. The maximum absolute atomic E-state index is 6.01. The van der Waals surface area contributed by atoms with E-state index in [4.69, 9.17) is 22.7 Å². The van der Waals surface area contributed by atoms with Gasteiger partial charge in [0.05, 0.1) is 11.1 Å². The summed E-state index contributed by atoms with van der Waals surface area (Å²) in [6, 6.07) is 15.3. The van der Waals surface area contributed by atoms with Crippen molar-refractivity contribution in [2.45, 2.75) is 0 Å². The molecule has 0 atom stereocenters. The van der Waals surface area contributed by atoms with Crippen molar-refractivity contribution < 1.29 is 4.74 Å². The molecule has 0 amide bonds. The highest BCUT2D eigenvalue weighted by Crippen LogP contribution is 2.32. The highest BCUT2D eigenvalue weighted by molar-refractivity contribution is 9.10. The van der Waals surface area contributed by atoms with Crippen molar-refractivity contribution in [2.75, 3.05) is 0 Å².